The largest absolute Gasteiger partial charge is 0.481 e. The fourth-order valence-corrected chi connectivity index (χ4v) is 6.08. The molecule has 1 saturated heterocycles. The van der Waals surface area contributed by atoms with Crippen LogP contribution in [0.2, 0.25) is 5.02 Å². The Hall–Kier alpha value is -4.00. The minimum absolute atomic E-state index is 0.113. The van der Waals surface area contributed by atoms with Gasteiger partial charge in [-0.05, 0) is 55.6 Å². The van der Waals surface area contributed by atoms with Crippen LogP contribution >= 0.6 is 11.6 Å². The Bertz CT molecular complexity index is 1390. The molecule has 13 heteroatoms. The lowest BCUT2D eigenvalue weighted by atomic mass is 9.73. The normalized spacial score (nSPS) is 16.5. The smallest absolute Gasteiger partial charge is 0.336 e. The maximum absolute atomic E-state index is 13.2. The Morgan fingerprint density at radius 2 is 1.50 bits per heavy atom. The minimum Gasteiger partial charge on any atom is -0.481 e. The van der Waals surface area contributed by atoms with Gasteiger partial charge in [-0.15, -0.1) is 0 Å². The predicted molar refractivity (Wildman–Crippen MR) is 162 cm³/mol. The molecule has 2 aromatic rings. The van der Waals surface area contributed by atoms with E-state index in [1.165, 1.54) is 0 Å². The number of aliphatic hydroxyl groups is 1. The molecule has 1 spiro atoms. The molecule has 2 heterocycles. The third-order valence-corrected chi connectivity index (χ3v) is 8.55. The number of carbonyl (C=O) groups is 5. The van der Waals surface area contributed by atoms with Gasteiger partial charge < -0.3 is 35.1 Å². The zero-order chi connectivity index (χ0) is 32.8. The van der Waals surface area contributed by atoms with Gasteiger partial charge in [0.1, 0.15) is 0 Å². The number of amides is 2. The van der Waals surface area contributed by atoms with E-state index in [1.807, 2.05) is 49.5 Å². The number of anilines is 1. The first-order valence-electron chi connectivity index (χ1n) is 14.0. The Balaban J connectivity index is 0.000000345. The Morgan fingerprint density at radius 3 is 2.02 bits per heavy atom. The molecule has 1 fully saturated rings. The van der Waals surface area contributed by atoms with Crippen molar-refractivity contribution in [2.24, 2.45) is 5.92 Å². The van der Waals surface area contributed by atoms with E-state index < -0.39 is 41.8 Å². The number of fused-ring (bicyclic) bond motifs is 2. The molecule has 2 aliphatic rings. The van der Waals surface area contributed by atoms with E-state index >= 15 is 0 Å². The SMILES string of the molecule is CN(C)C(=O)C(Cc1ccccc1Cl)CN1CCC2(CC1)C(=O)N(C)c1ccccc12.O=C(O)CC(O)(CC(=O)O)C(=O)O. The van der Waals surface area contributed by atoms with Gasteiger partial charge in [-0.1, -0.05) is 48.0 Å². The number of likely N-dealkylation sites (tertiary alicyclic amines) is 1. The number of nitrogens with zero attached hydrogens (tertiary/aromatic N) is 3. The van der Waals surface area contributed by atoms with Crippen molar-refractivity contribution in [3.05, 3.63) is 64.7 Å². The topological polar surface area (TPSA) is 176 Å². The number of rotatable bonds is 10. The molecule has 44 heavy (non-hydrogen) atoms. The molecule has 4 N–H and O–H groups in total. The number of likely N-dealkylation sites (N-methyl/N-ethyl adjacent to an activating group) is 1. The summed E-state index contributed by atoms with van der Waals surface area (Å²) in [6, 6.07) is 15.9. The second kappa shape index (κ2) is 14.2. The summed E-state index contributed by atoms with van der Waals surface area (Å²) in [5.74, 6) is -4.87. The van der Waals surface area contributed by atoms with E-state index in [-0.39, 0.29) is 17.7 Å². The van der Waals surface area contributed by atoms with Gasteiger partial charge >= 0.3 is 17.9 Å². The van der Waals surface area contributed by atoms with Crippen molar-refractivity contribution in [1.29, 1.82) is 0 Å². The first-order valence-corrected chi connectivity index (χ1v) is 14.4. The number of hydrogen-bond donors (Lipinski definition) is 4. The molecule has 0 bridgehead atoms. The Labute approximate surface area is 260 Å². The lowest BCUT2D eigenvalue weighted by Gasteiger charge is -2.39. The summed E-state index contributed by atoms with van der Waals surface area (Å²) < 4.78 is 0. The van der Waals surface area contributed by atoms with Crippen LogP contribution in [-0.4, -0.2) is 106 Å². The molecule has 0 saturated carbocycles. The average Bonchev–Trinajstić information content (AvgIpc) is 3.16. The average molecular weight is 632 g/mol. The number of benzene rings is 2. The Kier molecular flexibility index (Phi) is 11.1. The third kappa shape index (κ3) is 7.74. The quantitative estimate of drug-likeness (QED) is 0.304. The molecule has 0 aliphatic carbocycles. The highest BCUT2D eigenvalue weighted by Gasteiger charge is 2.51. The molecule has 2 aromatic carbocycles. The standard InChI is InChI=1S/C25H30ClN3O2.C6H8O7/c1-27(2)23(30)19(16-18-8-4-6-10-21(18)26)17-29-14-12-25(13-15-29)20-9-5-7-11-22(20)28(3)24(25)31;7-3(8)1-6(13,5(11)12)2-4(9)10/h4-11,19H,12-17H2,1-3H3;13H,1-2H2,(H,7,8)(H,9,10)(H,11,12). The van der Waals surface area contributed by atoms with E-state index in [0.29, 0.717) is 18.0 Å². The molecular weight excluding hydrogens is 594 g/mol. The maximum atomic E-state index is 13.2. The summed E-state index contributed by atoms with van der Waals surface area (Å²) in [5, 5.41) is 34.5. The van der Waals surface area contributed by atoms with E-state index in [4.69, 9.17) is 32.0 Å². The third-order valence-electron chi connectivity index (χ3n) is 8.18. The van der Waals surface area contributed by atoms with Crippen molar-refractivity contribution in [2.75, 3.05) is 45.7 Å². The highest BCUT2D eigenvalue weighted by molar-refractivity contribution is 6.31. The predicted octanol–water partition coefficient (Wildman–Crippen LogP) is 2.35. The number of aliphatic carboxylic acids is 3. The number of hydrogen-bond acceptors (Lipinski definition) is 7. The fourth-order valence-electron chi connectivity index (χ4n) is 5.87. The van der Waals surface area contributed by atoms with Crippen molar-refractivity contribution in [1.82, 2.24) is 9.80 Å². The first kappa shape index (κ1) is 34.5. The number of carbonyl (C=O) groups excluding carboxylic acids is 2. The van der Waals surface area contributed by atoms with E-state index in [0.717, 1.165) is 42.7 Å². The summed E-state index contributed by atoms with van der Waals surface area (Å²) in [6.45, 7) is 2.27. The highest BCUT2D eigenvalue weighted by Crippen LogP contribution is 2.47. The molecule has 0 aromatic heterocycles. The van der Waals surface area contributed by atoms with Crippen LogP contribution in [0.15, 0.2) is 48.5 Å². The van der Waals surface area contributed by atoms with E-state index in [9.17, 15) is 24.0 Å². The molecular formula is C31H38ClN3O9. The summed E-state index contributed by atoms with van der Waals surface area (Å²) in [6.07, 6.45) is -0.115. The van der Waals surface area contributed by atoms with Crippen LogP contribution in [0.3, 0.4) is 0 Å². The maximum Gasteiger partial charge on any atom is 0.336 e. The zero-order valence-electron chi connectivity index (χ0n) is 24.9. The van der Waals surface area contributed by atoms with Crippen LogP contribution in [0.4, 0.5) is 5.69 Å². The molecule has 1 unspecified atom stereocenters. The number of para-hydroxylation sites is 1. The van der Waals surface area contributed by atoms with Crippen LogP contribution in [0.25, 0.3) is 0 Å². The van der Waals surface area contributed by atoms with Gasteiger partial charge in [-0.3, -0.25) is 19.2 Å². The van der Waals surface area contributed by atoms with Gasteiger partial charge in [0, 0.05) is 38.4 Å². The second-order valence-electron chi connectivity index (χ2n) is 11.5. The van der Waals surface area contributed by atoms with Crippen molar-refractivity contribution >= 4 is 47.0 Å². The monoisotopic (exact) mass is 631 g/mol. The Morgan fingerprint density at radius 1 is 0.955 bits per heavy atom. The number of piperidine rings is 1. The highest BCUT2D eigenvalue weighted by atomic mass is 35.5. The minimum atomic E-state index is -2.74. The number of halogens is 1. The lowest BCUT2D eigenvalue weighted by Crippen LogP contribution is -2.50. The summed E-state index contributed by atoms with van der Waals surface area (Å²) in [5.41, 5.74) is 0.0161. The zero-order valence-corrected chi connectivity index (χ0v) is 25.7. The summed E-state index contributed by atoms with van der Waals surface area (Å²) in [7, 11) is 5.48. The van der Waals surface area contributed by atoms with Gasteiger partial charge in [0.15, 0.2) is 5.60 Å². The van der Waals surface area contributed by atoms with Crippen LogP contribution in [0.5, 0.6) is 0 Å². The van der Waals surface area contributed by atoms with Gasteiger partial charge in [-0.2, -0.15) is 0 Å². The second-order valence-corrected chi connectivity index (χ2v) is 11.9. The van der Waals surface area contributed by atoms with Gasteiger partial charge in [0.05, 0.1) is 24.2 Å². The summed E-state index contributed by atoms with van der Waals surface area (Å²) in [4.78, 5) is 62.4. The summed E-state index contributed by atoms with van der Waals surface area (Å²) >= 11 is 6.37. The fraction of sp³-hybridized carbons (Fsp3) is 0.452. The molecule has 2 aliphatic heterocycles. The van der Waals surface area contributed by atoms with Gasteiger partial charge in [0.25, 0.3) is 0 Å². The molecule has 238 valence electrons. The van der Waals surface area contributed by atoms with E-state index in [2.05, 4.69) is 11.0 Å². The van der Waals surface area contributed by atoms with Crippen molar-refractivity contribution in [2.45, 2.75) is 43.1 Å². The molecule has 12 nitrogen and oxygen atoms in total. The molecule has 4 rings (SSSR count). The van der Waals surface area contributed by atoms with Crippen LogP contribution in [-0.2, 0) is 35.8 Å². The van der Waals surface area contributed by atoms with Crippen molar-refractivity contribution < 1.29 is 44.4 Å². The molecule has 2 amide bonds. The van der Waals surface area contributed by atoms with Gasteiger partial charge in [-0.25, -0.2) is 4.79 Å². The first-order chi connectivity index (χ1) is 20.6. The van der Waals surface area contributed by atoms with E-state index in [1.54, 1.807) is 23.9 Å². The van der Waals surface area contributed by atoms with Crippen LogP contribution in [0, 0.1) is 5.92 Å². The number of carboxylic acids is 3. The molecule has 1 atom stereocenters. The molecule has 0 radical (unpaired) electrons. The van der Waals surface area contributed by atoms with Crippen LogP contribution < -0.4 is 4.90 Å². The van der Waals surface area contributed by atoms with Crippen LogP contribution in [0.1, 0.15) is 36.8 Å². The van der Waals surface area contributed by atoms with Crippen molar-refractivity contribution in [3.63, 3.8) is 0 Å². The van der Waals surface area contributed by atoms with Gasteiger partial charge in [0.2, 0.25) is 11.8 Å². The lowest BCUT2D eigenvalue weighted by molar-refractivity contribution is -0.170. The number of carboxylic acid groups (broad SMARTS) is 3. The van der Waals surface area contributed by atoms with Crippen molar-refractivity contribution in [3.8, 4) is 0 Å².